The van der Waals surface area contributed by atoms with Gasteiger partial charge in [0, 0.05) is 30.9 Å². The first-order valence-electron chi connectivity index (χ1n) is 8.70. The smallest absolute Gasteiger partial charge is 0.255 e. The Morgan fingerprint density at radius 2 is 1.56 bits per heavy atom. The quantitative estimate of drug-likeness (QED) is 0.821. The van der Waals surface area contributed by atoms with Crippen molar-refractivity contribution in [3.05, 3.63) is 65.2 Å². The lowest BCUT2D eigenvalue weighted by molar-refractivity contribution is -0.134. The van der Waals surface area contributed by atoms with Gasteiger partial charge in [0.25, 0.3) is 5.91 Å². The molecule has 3 rings (SSSR count). The van der Waals surface area contributed by atoms with E-state index < -0.39 is 0 Å². The van der Waals surface area contributed by atoms with Crippen molar-refractivity contribution in [1.29, 1.82) is 0 Å². The SMILES string of the molecule is Cl.NCc1ccc(C(=O)Nc2ccc(CC(=O)N3CCOCC3)cc2)cc1. The third-order valence-electron chi connectivity index (χ3n) is 4.38. The summed E-state index contributed by atoms with van der Waals surface area (Å²) < 4.78 is 5.26. The molecule has 2 amide bonds. The number of hydrogen-bond acceptors (Lipinski definition) is 4. The first-order chi connectivity index (χ1) is 12.7. The van der Waals surface area contributed by atoms with Gasteiger partial charge in [0.05, 0.1) is 19.6 Å². The number of morpholine rings is 1. The Bertz CT molecular complexity index is 757. The van der Waals surface area contributed by atoms with Gasteiger partial charge in [-0.2, -0.15) is 0 Å². The van der Waals surface area contributed by atoms with E-state index in [1.165, 1.54) is 0 Å². The second-order valence-corrected chi connectivity index (χ2v) is 6.22. The van der Waals surface area contributed by atoms with Crippen LogP contribution in [0, 0.1) is 0 Å². The minimum atomic E-state index is -0.175. The zero-order valence-corrected chi connectivity index (χ0v) is 15.8. The molecule has 3 N–H and O–H groups in total. The van der Waals surface area contributed by atoms with Crippen molar-refractivity contribution in [2.24, 2.45) is 5.73 Å². The molecule has 6 nitrogen and oxygen atoms in total. The lowest BCUT2D eigenvalue weighted by atomic mass is 10.1. The fourth-order valence-corrected chi connectivity index (χ4v) is 2.80. The molecule has 144 valence electrons. The summed E-state index contributed by atoms with van der Waals surface area (Å²) in [7, 11) is 0. The summed E-state index contributed by atoms with van der Waals surface area (Å²) >= 11 is 0. The first kappa shape index (κ1) is 20.9. The van der Waals surface area contributed by atoms with Crippen molar-refractivity contribution in [3.63, 3.8) is 0 Å². The van der Waals surface area contributed by atoms with Crippen molar-refractivity contribution in [1.82, 2.24) is 4.90 Å². The van der Waals surface area contributed by atoms with E-state index in [0.717, 1.165) is 11.1 Å². The predicted octanol–water partition coefficient (Wildman–Crippen LogP) is 2.22. The Hall–Kier alpha value is -2.41. The second kappa shape index (κ2) is 10.1. The van der Waals surface area contributed by atoms with Gasteiger partial charge < -0.3 is 20.7 Å². The fraction of sp³-hybridized carbons (Fsp3) is 0.300. The second-order valence-electron chi connectivity index (χ2n) is 6.22. The number of halogens is 1. The first-order valence-corrected chi connectivity index (χ1v) is 8.70. The number of benzene rings is 2. The number of amides is 2. The van der Waals surface area contributed by atoms with Gasteiger partial charge >= 0.3 is 0 Å². The third kappa shape index (κ3) is 5.79. The number of ether oxygens (including phenoxy) is 1. The van der Waals surface area contributed by atoms with Crippen molar-refractivity contribution >= 4 is 29.9 Å². The number of anilines is 1. The Labute approximate surface area is 165 Å². The molecular formula is C20H24ClN3O3. The van der Waals surface area contributed by atoms with Crippen LogP contribution in [0.15, 0.2) is 48.5 Å². The molecule has 0 aliphatic carbocycles. The summed E-state index contributed by atoms with van der Waals surface area (Å²) in [5, 5.41) is 2.86. The minimum absolute atomic E-state index is 0. The summed E-state index contributed by atoms with van der Waals surface area (Å²) in [4.78, 5) is 26.4. The van der Waals surface area contributed by atoms with Gasteiger partial charge in [0.1, 0.15) is 0 Å². The lowest BCUT2D eigenvalue weighted by Gasteiger charge is -2.26. The summed E-state index contributed by atoms with van der Waals surface area (Å²) in [6.45, 7) is 2.95. The van der Waals surface area contributed by atoms with Crippen LogP contribution in [0.1, 0.15) is 21.5 Å². The average Bonchev–Trinajstić information content (AvgIpc) is 2.70. The van der Waals surface area contributed by atoms with E-state index in [4.69, 9.17) is 10.5 Å². The Morgan fingerprint density at radius 1 is 0.963 bits per heavy atom. The highest BCUT2D eigenvalue weighted by molar-refractivity contribution is 6.04. The highest BCUT2D eigenvalue weighted by Gasteiger charge is 2.17. The molecule has 2 aromatic rings. The number of carbonyl (C=O) groups excluding carboxylic acids is 2. The van der Waals surface area contributed by atoms with Crippen LogP contribution in [0.2, 0.25) is 0 Å². The zero-order valence-electron chi connectivity index (χ0n) is 15.0. The number of nitrogens with zero attached hydrogens (tertiary/aromatic N) is 1. The molecule has 0 atom stereocenters. The number of nitrogens with one attached hydrogen (secondary N) is 1. The molecule has 7 heteroatoms. The van der Waals surface area contributed by atoms with Gasteiger partial charge in [-0.15, -0.1) is 12.4 Å². The molecule has 27 heavy (non-hydrogen) atoms. The van der Waals surface area contributed by atoms with Gasteiger partial charge in [-0.3, -0.25) is 9.59 Å². The summed E-state index contributed by atoms with van der Waals surface area (Å²) in [6, 6.07) is 14.6. The normalized spacial score (nSPS) is 13.6. The number of hydrogen-bond donors (Lipinski definition) is 2. The maximum Gasteiger partial charge on any atom is 0.255 e. The molecule has 0 radical (unpaired) electrons. The van der Waals surface area contributed by atoms with Gasteiger partial charge in [-0.25, -0.2) is 0 Å². The third-order valence-corrected chi connectivity index (χ3v) is 4.38. The maximum atomic E-state index is 12.3. The van der Waals surface area contributed by atoms with Crippen molar-refractivity contribution in [2.75, 3.05) is 31.6 Å². The molecule has 1 aliphatic rings. The lowest BCUT2D eigenvalue weighted by Crippen LogP contribution is -2.41. The summed E-state index contributed by atoms with van der Waals surface area (Å²) in [6.07, 6.45) is 0.356. The Morgan fingerprint density at radius 3 is 2.15 bits per heavy atom. The highest BCUT2D eigenvalue weighted by atomic mass is 35.5. The maximum absolute atomic E-state index is 12.3. The molecule has 1 aliphatic heterocycles. The van der Waals surface area contributed by atoms with Crippen molar-refractivity contribution < 1.29 is 14.3 Å². The molecular weight excluding hydrogens is 366 g/mol. The van der Waals surface area contributed by atoms with E-state index in [1.807, 2.05) is 41.3 Å². The van der Waals surface area contributed by atoms with E-state index in [1.54, 1.807) is 12.1 Å². The molecule has 1 heterocycles. The molecule has 1 saturated heterocycles. The molecule has 0 saturated carbocycles. The van der Waals surface area contributed by atoms with Gasteiger partial charge in [-0.1, -0.05) is 24.3 Å². The van der Waals surface area contributed by atoms with Crippen LogP contribution in [0.5, 0.6) is 0 Å². The molecule has 0 unspecified atom stereocenters. The number of carbonyl (C=O) groups is 2. The molecule has 0 aromatic heterocycles. The van der Waals surface area contributed by atoms with Crippen molar-refractivity contribution in [3.8, 4) is 0 Å². The topological polar surface area (TPSA) is 84.7 Å². The number of rotatable bonds is 5. The predicted molar refractivity (Wildman–Crippen MR) is 107 cm³/mol. The summed E-state index contributed by atoms with van der Waals surface area (Å²) in [5.41, 5.74) is 8.74. The van der Waals surface area contributed by atoms with E-state index in [-0.39, 0.29) is 24.2 Å². The Balaban J connectivity index is 0.00000261. The van der Waals surface area contributed by atoms with Crippen LogP contribution >= 0.6 is 12.4 Å². The highest BCUT2D eigenvalue weighted by Crippen LogP contribution is 2.13. The standard InChI is InChI=1S/C20H23N3O3.ClH/c21-14-16-1-5-17(6-2-16)20(25)22-18-7-3-15(4-8-18)13-19(24)23-9-11-26-12-10-23;/h1-8H,9-14,21H2,(H,22,25);1H. The largest absolute Gasteiger partial charge is 0.378 e. The monoisotopic (exact) mass is 389 g/mol. The van der Waals surface area contributed by atoms with E-state index in [2.05, 4.69) is 5.32 Å². The van der Waals surface area contributed by atoms with Crippen LogP contribution < -0.4 is 11.1 Å². The molecule has 0 spiro atoms. The van der Waals surface area contributed by atoms with Crippen LogP contribution in [-0.4, -0.2) is 43.0 Å². The van der Waals surface area contributed by atoms with E-state index in [0.29, 0.717) is 50.5 Å². The van der Waals surface area contributed by atoms with E-state index in [9.17, 15) is 9.59 Å². The minimum Gasteiger partial charge on any atom is -0.378 e. The fourth-order valence-electron chi connectivity index (χ4n) is 2.80. The van der Waals surface area contributed by atoms with Gasteiger partial charge in [0.15, 0.2) is 0 Å². The van der Waals surface area contributed by atoms with Gasteiger partial charge in [0.2, 0.25) is 5.91 Å². The molecule has 0 bridgehead atoms. The van der Waals surface area contributed by atoms with Crippen molar-refractivity contribution in [2.45, 2.75) is 13.0 Å². The van der Waals surface area contributed by atoms with Crippen LogP contribution in [0.3, 0.4) is 0 Å². The van der Waals surface area contributed by atoms with Gasteiger partial charge in [-0.05, 0) is 35.4 Å². The van der Waals surface area contributed by atoms with Crippen LogP contribution in [0.4, 0.5) is 5.69 Å². The van der Waals surface area contributed by atoms with E-state index >= 15 is 0 Å². The zero-order chi connectivity index (χ0) is 18.4. The van der Waals surface area contributed by atoms with Crippen LogP contribution in [0.25, 0.3) is 0 Å². The Kier molecular flexibility index (Phi) is 7.79. The molecule has 2 aromatic carbocycles. The van der Waals surface area contributed by atoms with Crippen LogP contribution in [-0.2, 0) is 22.5 Å². The molecule has 1 fully saturated rings. The summed E-state index contributed by atoms with van der Waals surface area (Å²) in [5.74, 6) is -0.0733. The number of nitrogens with two attached hydrogens (primary N) is 1. The average molecular weight is 390 g/mol.